The monoisotopic (exact) mass is 377 g/mol. The van der Waals surface area contributed by atoms with Crippen LogP contribution in [0.25, 0.3) is 10.6 Å². The smallest absolute Gasteiger partial charge is 0.216 e. The van der Waals surface area contributed by atoms with Crippen LogP contribution in [0, 0.1) is 12.7 Å². The molecule has 0 bridgehead atoms. The first-order valence-corrected chi connectivity index (χ1v) is 9.98. The van der Waals surface area contributed by atoms with E-state index in [-0.39, 0.29) is 12.3 Å². The Hall–Kier alpha value is -2.16. The fourth-order valence-corrected chi connectivity index (χ4v) is 4.41. The number of aromatic nitrogens is 2. The fourth-order valence-electron chi connectivity index (χ4n) is 2.23. The van der Waals surface area contributed by atoms with E-state index in [1.807, 2.05) is 19.1 Å². The van der Waals surface area contributed by atoms with Crippen molar-refractivity contribution in [3.63, 3.8) is 0 Å². The highest BCUT2D eigenvalue weighted by Gasteiger charge is 2.15. The summed E-state index contributed by atoms with van der Waals surface area (Å²) >= 11 is 1.43. The second kappa shape index (κ2) is 7.38. The van der Waals surface area contributed by atoms with E-state index in [0.717, 1.165) is 21.1 Å². The molecule has 0 radical (unpaired) electrons. The van der Waals surface area contributed by atoms with Crippen molar-refractivity contribution in [2.24, 2.45) is 0 Å². The number of thiazole rings is 1. The number of benzene rings is 1. The van der Waals surface area contributed by atoms with Crippen LogP contribution in [-0.4, -0.2) is 18.4 Å². The van der Waals surface area contributed by atoms with Crippen molar-refractivity contribution in [1.29, 1.82) is 0 Å². The van der Waals surface area contributed by atoms with E-state index in [1.165, 1.54) is 35.6 Å². The van der Waals surface area contributed by atoms with Crippen molar-refractivity contribution in [3.8, 4) is 10.6 Å². The highest BCUT2D eigenvalue weighted by molar-refractivity contribution is 7.88. The number of hydrogen-bond acceptors (Lipinski definition) is 5. The molecule has 0 aliphatic rings. The normalized spacial score (nSPS) is 11.6. The molecule has 0 saturated carbocycles. The van der Waals surface area contributed by atoms with Gasteiger partial charge >= 0.3 is 0 Å². The van der Waals surface area contributed by atoms with Crippen LogP contribution in [0.1, 0.15) is 16.1 Å². The van der Waals surface area contributed by atoms with Crippen LogP contribution < -0.4 is 4.72 Å². The zero-order chi connectivity index (χ0) is 17.9. The van der Waals surface area contributed by atoms with Gasteiger partial charge in [0, 0.05) is 29.4 Å². The predicted molar refractivity (Wildman–Crippen MR) is 95.9 cm³/mol. The second-order valence-electron chi connectivity index (χ2n) is 5.48. The lowest BCUT2D eigenvalue weighted by molar-refractivity contribution is 0.580. The Kier molecular flexibility index (Phi) is 5.22. The van der Waals surface area contributed by atoms with Crippen LogP contribution in [0.3, 0.4) is 0 Å². The maximum Gasteiger partial charge on any atom is 0.216 e. The molecule has 130 valence electrons. The minimum Gasteiger partial charge on any atom is -0.264 e. The minimum absolute atomic E-state index is 0.174. The van der Waals surface area contributed by atoms with Gasteiger partial charge in [-0.05, 0) is 36.8 Å². The number of hydrogen-bond donors (Lipinski definition) is 1. The van der Waals surface area contributed by atoms with Gasteiger partial charge in [-0.25, -0.2) is 22.5 Å². The molecular weight excluding hydrogens is 361 g/mol. The molecule has 0 atom stereocenters. The van der Waals surface area contributed by atoms with Crippen LogP contribution in [0.4, 0.5) is 4.39 Å². The molecule has 5 nitrogen and oxygen atoms in total. The number of pyridine rings is 1. The Morgan fingerprint density at radius 3 is 2.64 bits per heavy atom. The minimum atomic E-state index is -3.52. The second-order valence-corrected chi connectivity index (χ2v) is 8.37. The fraction of sp³-hybridized carbons (Fsp3) is 0.176. The lowest BCUT2D eigenvalue weighted by Crippen LogP contribution is -2.24. The summed E-state index contributed by atoms with van der Waals surface area (Å²) in [4.78, 5) is 9.39. The third-order valence-electron chi connectivity index (χ3n) is 3.52. The maximum atomic E-state index is 12.9. The zero-order valence-electron chi connectivity index (χ0n) is 13.4. The van der Waals surface area contributed by atoms with Crippen molar-refractivity contribution < 1.29 is 12.8 Å². The van der Waals surface area contributed by atoms with E-state index in [2.05, 4.69) is 14.7 Å². The molecule has 2 aromatic heterocycles. The summed E-state index contributed by atoms with van der Waals surface area (Å²) in [5.74, 6) is -0.585. The van der Waals surface area contributed by atoms with Crippen molar-refractivity contribution >= 4 is 21.4 Å². The quantitative estimate of drug-likeness (QED) is 0.716. The van der Waals surface area contributed by atoms with Crippen molar-refractivity contribution in [2.75, 3.05) is 0 Å². The molecule has 0 fully saturated rings. The molecule has 2 heterocycles. The number of rotatable bonds is 6. The molecule has 0 amide bonds. The van der Waals surface area contributed by atoms with Crippen LogP contribution in [0.15, 0.2) is 48.8 Å². The highest BCUT2D eigenvalue weighted by Crippen LogP contribution is 2.27. The number of nitrogens with zero attached hydrogens (tertiary/aromatic N) is 2. The first-order valence-electron chi connectivity index (χ1n) is 7.51. The molecule has 0 unspecified atom stereocenters. The number of sulfonamides is 1. The van der Waals surface area contributed by atoms with Gasteiger partial charge in [0.2, 0.25) is 10.0 Å². The Labute approximate surface area is 149 Å². The summed E-state index contributed by atoms with van der Waals surface area (Å²) in [6.45, 7) is 2.02. The van der Waals surface area contributed by atoms with Gasteiger partial charge in [-0.2, -0.15) is 0 Å². The van der Waals surface area contributed by atoms with Gasteiger partial charge in [-0.1, -0.05) is 12.1 Å². The lowest BCUT2D eigenvalue weighted by Gasteiger charge is -2.06. The average molecular weight is 377 g/mol. The van der Waals surface area contributed by atoms with Crippen LogP contribution in [0.2, 0.25) is 0 Å². The summed E-state index contributed by atoms with van der Waals surface area (Å²) in [5.41, 5.74) is 2.22. The average Bonchev–Trinajstić information content (AvgIpc) is 2.97. The van der Waals surface area contributed by atoms with Crippen LogP contribution >= 0.6 is 11.3 Å². The molecule has 3 aromatic rings. The van der Waals surface area contributed by atoms with Crippen LogP contribution in [0.5, 0.6) is 0 Å². The largest absolute Gasteiger partial charge is 0.264 e. The standard InChI is InChI=1S/C17H16FN3O2S2/c1-12-16(24-17(21-12)14-3-2-8-19-9-14)10-20-25(22,23)11-13-4-6-15(18)7-5-13/h2-9,20H,10-11H2,1H3. The first kappa shape index (κ1) is 17.7. The SMILES string of the molecule is Cc1nc(-c2cccnc2)sc1CNS(=O)(=O)Cc1ccc(F)cc1. The molecule has 3 rings (SSSR count). The Balaban J connectivity index is 1.68. The third-order valence-corrected chi connectivity index (χ3v) is 6.03. The summed E-state index contributed by atoms with van der Waals surface area (Å²) in [7, 11) is -3.52. The number of nitrogens with one attached hydrogen (secondary N) is 1. The number of halogens is 1. The molecule has 1 N–H and O–H groups in total. The summed E-state index contributed by atoms with van der Waals surface area (Å²) < 4.78 is 39.9. The van der Waals surface area contributed by atoms with Gasteiger partial charge < -0.3 is 0 Å². The molecular formula is C17H16FN3O2S2. The van der Waals surface area contributed by atoms with E-state index in [4.69, 9.17) is 0 Å². The molecule has 8 heteroatoms. The molecule has 0 aliphatic heterocycles. The van der Waals surface area contributed by atoms with E-state index in [1.54, 1.807) is 12.4 Å². The van der Waals surface area contributed by atoms with E-state index >= 15 is 0 Å². The Morgan fingerprint density at radius 2 is 1.96 bits per heavy atom. The Morgan fingerprint density at radius 1 is 1.20 bits per heavy atom. The summed E-state index contributed by atoms with van der Waals surface area (Å²) in [5, 5.41) is 0.804. The van der Waals surface area contributed by atoms with E-state index in [0.29, 0.717) is 5.56 Å². The van der Waals surface area contributed by atoms with E-state index < -0.39 is 15.8 Å². The molecule has 1 aromatic carbocycles. The number of aryl methyl sites for hydroxylation is 1. The molecule has 0 spiro atoms. The summed E-state index contributed by atoms with van der Waals surface area (Å²) in [6, 6.07) is 9.17. The molecule has 0 saturated heterocycles. The topological polar surface area (TPSA) is 72.0 Å². The van der Waals surface area contributed by atoms with Crippen molar-refractivity contribution in [2.45, 2.75) is 19.2 Å². The van der Waals surface area contributed by atoms with Gasteiger partial charge in [-0.3, -0.25) is 4.98 Å². The van der Waals surface area contributed by atoms with Crippen molar-refractivity contribution in [1.82, 2.24) is 14.7 Å². The predicted octanol–water partition coefficient (Wildman–Crippen LogP) is 3.27. The zero-order valence-corrected chi connectivity index (χ0v) is 15.1. The van der Waals surface area contributed by atoms with Gasteiger partial charge in [0.15, 0.2) is 0 Å². The van der Waals surface area contributed by atoms with Gasteiger partial charge in [-0.15, -0.1) is 11.3 Å². The molecule has 25 heavy (non-hydrogen) atoms. The molecule has 0 aliphatic carbocycles. The highest BCUT2D eigenvalue weighted by atomic mass is 32.2. The summed E-state index contributed by atoms with van der Waals surface area (Å²) in [6.07, 6.45) is 3.41. The maximum absolute atomic E-state index is 12.9. The third kappa shape index (κ3) is 4.68. The van der Waals surface area contributed by atoms with Crippen molar-refractivity contribution in [3.05, 3.63) is 70.7 Å². The Bertz CT molecular complexity index is 955. The lowest BCUT2D eigenvalue weighted by atomic mass is 10.2. The van der Waals surface area contributed by atoms with Gasteiger partial charge in [0.25, 0.3) is 0 Å². The van der Waals surface area contributed by atoms with Gasteiger partial charge in [0.05, 0.1) is 11.4 Å². The van der Waals surface area contributed by atoms with E-state index in [9.17, 15) is 12.8 Å². The van der Waals surface area contributed by atoms with Gasteiger partial charge in [0.1, 0.15) is 10.8 Å². The first-order chi connectivity index (χ1) is 11.9. The van der Waals surface area contributed by atoms with Crippen LogP contribution in [-0.2, 0) is 22.3 Å².